The second kappa shape index (κ2) is 6.36. The summed E-state index contributed by atoms with van der Waals surface area (Å²) < 4.78 is 1.04. The first-order valence-corrected chi connectivity index (χ1v) is 6.06. The van der Waals surface area contributed by atoms with Gasteiger partial charge in [-0.2, -0.15) is 0 Å². The van der Waals surface area contributed by atoms with Crippen LogP contribution in [0.5, 0.6) is 0 Å². The van der Waals surface area contributed by atoms with Gasteiger partial charge >= 0.3 is 0 Å². The van der Waals surface area contributed by atoms with Crippen LogP contribution in [0.4, 0.5) is 0 Å². The lowest BCUT2D eigenvalue weighted by Crippen LogP contribution is -2.30. The molecule has 0 unspecified atom stereocenters. The van der Waals surface area contributed by atoms with Crippen LogP contribution in [-0.4, -0.2) is 17.3 Å². The molecule has 0 fully saturated rings. The van der Waals surface area contributed by atoms with Gasteiger partial charge < -0.3 is 5.32 Å². The first-order valence-electron chi connectivity index (χ1n) is 4.40. The van der Waals surface area contributed by atoms with Gasteiger partial charge in [0.1, 0.15) is 0 Å². The summed E-state index contributed by atoms with van der Waals surface area (Å²) >= 11 is 14.1. The molecule has 5 heteroatoms. The van der Waals surface area contributed by atoms with Crippen molar-refractivity contribution in [3.8, 4) is 0 Å². The molecule has 1 rings (SSSR count). The van der Waals surface area contributed by atoms with Crippen LogP contribution in [0.1, 0.15) is 5.56 Å². The van der Waals surface area contributed by atoms with Gasteiger partial charge in [0, 0.05) is 11.0 Å². The van der Waals surface area contributed by atoms with E-state index in [0.717, 1.165) is 16.5 Å². The van der Waals surface area contributed by atoms with Crippen molar-refractivity contribution in [3.05, 3.63) is 34.3 Å². The molecule has 82 valence electrons. The van der Waals surface area contributed by atoms with Crippen molar-refractivity contribution in [2.24, 2.45) is 0 Å². The highest BCUT2D eigenvalue weighted by molar-refractivity contribution is 9.10. The second-order valence-electron chi connectivity index (χ2n) is 2.97. The van der Waals surface area contributed by atoms with Crippen molar-refractivity contribution in [1.82, 2.24) is 5.32 Å². The largest absolute Gasteiger partial charge is 0.353 e. The molecule has 0 aliphatic carbocycles. The molecule has 0 saturated carbocycles. The molecule has 0 atom stereocenters. The molecule has 0 spiro atoms. The number of hydrogen-bond acceptors (Lipinski definition) is 1. The van der Waals surface area contributed by atoms with E-state index in [0.29, 0.717) is 6.54 Å². The first-order chi connectivity index (χ1) is 7.09. The minimum absolute atomic E-state index is 0.351. The van der Waals surface area contributed by atoms with Crippen LogP contribution in [0.25, 0.3) is 0 Å². The molecule has 2 nitrogen and oxygen atoms in total. The molecular formula is C10H10BrCl2NO. The minimum atomic E-state index is -0.991. The molecule has 0 aliphatic rings. The van der Waals surface area contributed by atoms with Gasteiger partial charge in [-0.05, 0) is 24.1 Å². The molecule has 0 radical (unpaired) electrons. The predicted octanol–water partition coefficient (Wildman–Crippen LogP) is 2.91. The van der Waals surface area contributed by atoms with Crippen LogP contribution < -0.4 is 5.32 Å². The third-order valence-corrected chi connectivity index (χ3v) is 2.75. The maximum absolute atomic E-state index is 11.0. The Morgan fingerprint density at radius 1 is 1.33 bits per heavy atom. The molecule has 0 aromatic heterocycles. The van der Waals surface area contributed by atoms with Crippen LogP contribution in [0, 0.1) is 0 Å². The normalized spacial score (nSPS) is 10.4. The summed E-state index contributed by atoms with van der Waals surface area (Å²) in [5.41, 5.74) is 1.15. The number of hydrogen-bond donors (Lipinski definition) is 1. The fourth-order valence-electron chi connectivity index (χ4n) is 1.06. The van der Waals surface area contributed by atoms with E-state index in [4.69, 9.17) is 23.2 Å². The Balaban J connectivity index is 2.32. The number of amides is 1. The fraction of sp³-hybridized carbons (Fsp3) is 0.300. The van der Waals surface area contributed by atoms with Gasteiger partial charge in [0.25, 0.3) is 5.91 Å². The Kier molecular flexibility index (Phi) is 5.43. The molecule has 0 aliphatic heterocycles. The van der Waals surface area contributed by atoms with Crippen LogP contribution >= 0.6 is 39.1 Å². The van der Waals surface area contributed by atoms with Crippen LogP contribution in [0.3, 0.4) is 0 Å². The molecular weight excluding hydrogens is 301 g/mol. The van der Waals surface area contributed by atoms with E-state index in [-0.39, 0.29) is 5.91 Å². The van der Waals surface area contributed by atoms with Gasteiger partial charge in [-0.25, -0.2) is 0 Å². The molecule has 0 heterocycles. The number of carbonyl (C=O) groups is 1. The van der Waals surface area contributed by atoms with Crippen molar-refractivity contribution >= 4 is 45.0 Å². The molecule has 1 aromatic carbocycles. The molecule has 15 heavy (non-hydrogen) atoms. The SMILES string of the molecule is O=C(NCCc1ccc(Br)cc1)C(Cl)Cl. The first kappa shape index (κ1) is 12.8. The number of benzene rings is 1. The zero-order valence-electron chi connectivity index (χ0n) is 7.84. The van der Waals surface area contributed by atoms with E-state index in [1.807, 2.05) is 24.3 Å². The Morgan fingerprint density at radius 2 is 1.93 bits per heavy atom. The summed E-state index contributed by atoms with van der Waals surface area (Å²) in [5.74, 6) is -0.351. The average Bonchev–Trinajstić information content (AvgIpc) is 2.20. The van der Waals surface area contributed by atoms with E-state index in [2.05, 4.69) is 21.2 Å². The lowest BCUT2D eigenvalue weighted by atomic mass is 10.1. The van der Waals surface area contributed by atoms with E-state index in [1.54, 1.807) is 0 Å². The van der Waals surface area contributed by atoms with Gasteiger partial charge in [-0.15, -0.1) is 0 Å². The molecule has 0 bridgehead atoms. The quantitative estimate of drug-likeness (QED) is 0.851. The molecule has 0 saturated heterocycles. The standard InChI is InChI=1S/C10H10BrCl2NO/c11-8-3-1-7(2-4-8)5-6-14-10(15)9(12)13/h1-4,9H,5-6H2,(H,14,15). The number of nitrogens with one attached hydrogen (secondary N) is 1. The Labute approximate surface area is 107 Å². The highest BCUT2D eigenvalue weighted by Gasteiger charge is 2.09. The maximum atomic E-state index is 11.0. The monoisotopic (exact) mass is 309 g/mol. The summed E-state index contributed by atoms with van der Waals surface area (Å²) in [4.78, 5) is 10.0. The van der Waals surface area contributed by atoms with E-state index < -0.39 is 4.84 Å². The van der Waals surface area contributed by atoms with E-state index in [1.165, 1.54) is 0 Å². The highest BCUT2D eigenvalue weighted by Crippen LogP contribution is 2.10. The summed E-state index contributed by atoms with van der Waals surface area (Å²) in [6, 6.07) is 7.91. The van der Waals surface area contributed by atoms with Crippen molar-refractivity contribution in [2.75, 3.05) is 6.54 Å². The third kappa shape index (κ3) is 4.87. The Hall–Kier alpha value is -0.250. The van der Waals surface area contributed by atoms with Gasteiger partial charge in [0.2, 0.25) is 0 Å². The fourth-order valence-corrected chi connectivity index (χ4v) is 1.48. The molecule has 1 aromatic rings. The zero-order valence-corrected chi connectivity index (χ0v) is 10.9. The van der Waals surface area contributed by atoms with Crippen molar-refractivity contribution in [1.29, 1.82) is 0 Å². The van der Waals surface area contributed by atoms with Gasteiger partial charge in [0.05, 0.1) is 0 Å². The molecule has 1 N–H and O–H groups in total. The molecule has 1 amide bonds. The number of alkyl halides is 2. The Bertz CT molecular complexity index is 327. The van der Waals surface area contributed by atoms with Crippen molar-refractivity contribution < 1.29 is 4.79 Å². The number of rotatable bonds is 4. The summed E-state index contributed by atoms with van der Waals surface area (Å²) in [6.07, 6.45) is 0.763. The number of carbonyl (C=O) groups excluding carboxylic acids is 1. The van der Waals surface area contributed by atoms with Crippen molar-refractivity contribution in [2.45, 2.75) is 11.3 Å². The van der Waals surface area contributed by atoms with Gasteiger partial charge in [-0.3, -0.25) is 4.79 Å². The lowest BCUT2D eigenvalue weighted by molar-refractivity contribution is -0.119. The van der Waals surface area contributed by atoms with Crippen molar-refractivity contribution in [3.63, 3.8) is 0 Å². The zero-order chi connectivity index (χ0) is 11.3. The van der Waals surface area contributed by atoms with Crippen LogP contribution in [-0.2, 0) is 11.2 Å². The average molecular weight is 311 g/mol. The number of halogens is 3. The van der Waals surface area contributed by atoms with E-state index >= 15 is 0 Å². The van der Waals surface area contributed by atoms with E-state index in [9.17, 15) is 4.79 Å². The van der Waals surface area contributed by atoms with Gasteiger partial charge in [-0.1, -0.05) is 51.3 Å². The summed E-state index contributed by atoms with van der Waals surface area (Å²) in [6.45, 7) is 0.538. The highest BCUT2D eigenvalue weighted by atomic mass is 79.9. The minimum Gasteiger partial charge on any atom is -0.353 e. The summed E-state index contributed by atoms with van der Waals surface area (Å²) in [7, 11) is 0. The lowest BCUT2D eigenvalue weighted by Gasteiger charge is -2.05. The second-order valence-corrected chi connectivity index (χ2v) is 4.98. The van der Waals surface area contributed by atoms with Crippen LogP contribution in [0.2, 0.25) is 0 Å². The third-order valence-electron chi connectivity index (χ3n) is 1.82. The summed E-state index contributed by atoms with van der Waals surface area (Å²) in [5, 5.41) is 2.63. The smallest absolute Gasteiger partial charge is 0.253 e. The maximum Gasteiger partial charge on any atom is 0.253 e. The van der Waals surface area contributed by atoms with Gasteiger partial charge in [0.15, 0.2) is 4.84 Å². The predicted molar refractivity (Wildman–Crippen MR) is 66.3 cm³/mol. The van der Waals surface area contributed by atoms with Crippen LogP contribution in [0.15, 0.2) is 28.7 Å². The Morgan fingerprint density at radius 3 is 2.47 bits per heavy atom. The topological polar surface area (TPSA) is 29.1 Å².